The zero-order valence-corrected chi connectivity index (χ0v) is 19.7. The number of carbonyl (C=O) groups is 2. The van der Waals surface area contributed by atoms with E-state index in [1.54, 1.807) is 25.1 Å². The van der Waals surface area contributed by atoms with Crippen molar-refractivity contribution in [2.24, 2.45) is 7.05 Å². The first kappa shape index (κ1) is 22.3. The number of likely N-dealkylation sites (tertiary alicyclic amines) is 1. The summed E-state index contributed by atoms with van der Waals surface area (Å²) in [5.41, 5.74) is 3.16. The first-order valence-corrected chi connectivity index (χ1v) is 11.5. The van der Waals surface area contributed by atoms with E-state index in [0.717, 1.165) is 22.3 Å². The number of amides is 2. The molecule has 2 aliphatic rings. The number of ether oxygens (including phenoxy) is 1. The van der Waals surface area contributed by atoms with E-state index in [0.29, 0.717) is 38.2 Å². The molecule has 5 rings (SSSR count). The zero-order chi connectivity index (χ0) is 24.0. The molecule has 4 heterocycles. The van der Waals surface area contributed by atoms with Crippen LogP contribution in [0.4, 0.5) is 0 Å². The van der Waals surface area contributed by atoms with Crippen molar-refractivity contribution in [3.8, 4) is 5.75 Å². The van der Waals surface area contributed by atoms with Crippen LogP contribution in [0, 0.1) is 0 Å². The molecule has 0 aliphatic carbocycles. The molecule has 0 radical (unpaired) electrons. The van der Waals surface area contributed by atoms with Gasteiger partial charge in [0.2, 0.25) is 5.91 Å². The minimum Gasteiger partial charge on any atom is -0.497 e. The Balaban J connectivity index is 1.59. The predicted molar refractivity (Wildman–Crippen MR) is 126 cm³/mol. The average molecular weight is 464 g/mol. The summed E-state index contributed by atoms with van der Waals surface area (Å²) in [5, 5.41) is 11.4. The van der Waals surface area contributed by atoms with Crippen LogP contribution >= 0.6 is 0 Å². The van der Waals surface area contributed by atoms with Crippen LogP contribution < -0.4 is 4.74 Å². The summed E-state index contributed by atoms with van der Waals surface area (Å²) in [6.45, 7) is 3.02. The van der Waals surface area contributed by atoms with E-state index in [9.17, 15) is 14.7 Å². The van der Waals surface area contributed by atoms with Crippen molar-refractivity contribution in [3.63, 3.8) is 0 Å². The van der Waals surface area contributed by atoms with Gasteiger partial charge in [-0.3, -0.25) is 14.6 Å². The van der Waals surface area contributed by atoms with E-state index in [-0.39, 0.29) is 23.8 Å². The van der Waals surface area contributed by atoms with Gasteiger partial charge in [-0.15, -0.1) is 0 Å². The van der Waals surface area contributed by atoms with Gasteiger partial charge in [-0.1, -0.05) is 0 Å². The molecule has 2 aliphatic heterocycles. The van der Waals surface area contributed by atoms with Crippen molar-refractivity contribution in [1.82, 2.24) is 24.3 Å². The smallest absolute Gasteiger partial charge is 0.274 e. The van der Waals surface area contributed by atoms with Gasteiger partial charge in [-0.2, -0.15) is 0 Å². The monoisotopic (exact) mass is 463 g/mol. The summed E-state index contributed by atoms with van der Waals surface area (Å²) >= 11 is 0. The second-order valence-electron chi connectivity index (χ2n) is 9.21. The van der Waals surface area contributed by atoms with Crippen molar-refractivity contribution in [3.05, 3.63) is 53.7 Å². The summed E-state index contributed by atoms with van der Waals surface area (Å²) in [6.07, 6.45) is 5.98. The first-order valence-electron chi connectivity index (χ1n) is 11.5. The number of aliphatic hydroxyl groups excluding tert-OH is 1. The highest BCUT2D eigenvalue weighted by atomic mass is 16.5. The number of rotatable bonds is 3. The van der Waals surface area contributed by atoms with Crippen LogP contribution in [-0.4, -0.2) is 74.6 Å². The Bertz CT molecular complexity index is 1250. The van der Waals surface area contributed by atoms with E-state index >= 15 is 0 Å². The van der Waals surface area contributed by atoms with Crippen molar-refractivity contribution < 1.29 is 19.4 Å². The molecule has 1 fully saturated rings. The van der Waals surface area contributed by atoms with E-state index < -0.39 is 6.04 Å². The van der Waals surface area contributed by atoms with Crippen molar-refractivity contribution in [2.75, 3.05) is 33.4 Å². The minimum atomic E-state index is -0.416. The quantitative estimate of drug-likeness (QED) is 0.638. The third kappa shape index (κ3) is 3.34. The molecule has 1 spiro atoms. The lowest BCUT2D eigenvalue weighted by atomic mass is 9.68. The highest BCUT2D eigenvalue weighted by molar-refractivity contribution is 5.92. The number of benzene rings is 1. The molecule has 1 aromatic carbocycles. The number of carbonyl (C=O) groups excluding carboxylic acids is 2. The summed E-state index contributed by atoms with van der Waals surface area (Å²) in [5.74, 6) is 0.566. The van der Waals surface area contributed by atoms with Gasteiger partial charge in [0.1, 0.15) is 11.4 Å². The number of aryl methyl sites for hydroxylation is 1. The van der Waals surface area contributed by atoms with Gasteiger partial charge in [0.05, 0.1) is 31.5 Å². The fraction of sp³-hybridized carbons (Fsp3) is 0.440. The number of hydrogen-bond donors (Lipinski definition) is 1. The molecular weight excluding hydrogens is 434 g/mol. The van der Waals surface area contributed by atoms with Crippen LogP contribution in [0.25, 0.3) is 10.9 Å². The zero-order valence-electron chi connectivity index (χ0n) is 19.7. The SMILES string of the molecule is COc1ccc2c3c(n(C)c2c1)[C@H](CO)N(C(C)=O)CC31CCN(C(=O)c2cnccn2)CC1. The van der Waals surface area contributed by atoms with Crippen LogP contribution in [0.3, 0.4) is 0 Å². The maximum absolute atomic E-state index is 13.0. The van der Waals surface area contributed by atoms with Crippen LogP contribution in [0.15, 0.2) is 36.8 Å². The second-order valence-corrected chi connectivity index (χ2v) is 9.21. The molecule has 178 valence electrons. The molecule has 34 heavy (non-hydrogen) atoms. The Labute approximate surface area is 198 Å². The average Bonchev–Trinajstić information content (AvgIpc) is 3.17. The van der Waals surface area contributed by atoms with Crippen LogP contribution in [-0.2, 0) is 17.3 Å². The van der Waals surface area contributed by atoms with Crippen LogP contribution in [0.2, 0.25) is 0 Å². The summed E-state index contributed by atoms with van der Waals surface area (Å²) < 4.78 is 7.54. The van der Waals surface area contributed by atoms with Crippen molar-refractivity contribution >= 4 is 22.7 Å². The molecule has 0 bridgehead atoms. The maximum Gasteiger partial charge on any atom is 0.274 e. The molecule has 3 aromatic rings. The van der Waals surface area contributed by atoms with Crippen molar-refractivity contribution in [1.29, 1.82) is 0 Å². The topological polar surface area (TPSA) is 101 Å². The van der Waals surface area contributed by atoms with Crippen LogP contribution in [0.5, 0.6) is 5.75 Å². The number of aromatic nitrogens is 3. The van der Waals surface area contributed by atoms with Gasteiger partial charge in [0, 0.05) is 68.6 Å². The lowest BCUT2D eigenvalue weighted by Crippen LogP contribution is -2.55. The maximum atomic E-state index is 13.0. The minimum absolute atomic E-state index is 0.0648. The van der Waals surface area contributed by atoms with Crippen LogP contribution in [0.1, 0.15) is 47.6 Å². The number of methoxy groups -OCH3 is 1. The molecule has 1 atom stereocenters. The van der Waals surface area contributed by atoms with Gasteiger partial charge in [0.25, 0.3) is 5.91 Å². The van der Waals surface area contributed by atoms with Gasteiger partial charge in [0.15, 0.2) is 0 Å². The highest BCUT2D eigenvalue weighted by Gasteiger charge is 2.49. The van der Waals surface area contributed by atoms with E-state index in [1.165, 1.54) is 18.0 Å². The van der Waals surface area contributed by atoms with E-state index in [2.05, 4.69) is 20.6 Å². The molecular formula is C25H29N5O4. The Morgan fingerprint density at radius 2 is 2.00 bits per heavy atom. The third-order valence-electron chi connectivity index (χ3n) is 7.52. The molecule has 0 unspecified atom stereocenters. The number of fused-ring (bicyclic) bond motifs is 4. The number of nitrogens with zero attached hydrogens (tertiary/aromatic N) is 5. The third-order valence-corrected chi connectivity index (χ3v) is 7.52. The summed E-state index contributed by atoms with van der Waals surface area (Å²) in [4.78, 5) is 37.5. The largest absolute Gasteiger partial charge is 0.497 e. The van der Waals surface area contributed by atoms with Gasteiger partial charge in [-0.25, -0.2) is 4.98 Å². The first-order chi connectivity index (χ1) is 16.4. The second kappa shape index (κ2) is 8.39. The lowest BCUT2D eigenvalue weighted by molar-refractivity contribution is -0.135. The molecule has 9 heteroatoms. The Kier molecular flexibility index (Phi) is 5.51. The van der Waals surface area contributed by atoms with E-state index in [4.69, 9.17) is 4.74 Å². The van der Waals surface area contributed by atoms with Gasteiger partial charge < -0.3 is 24.2 Å². The summed E-state index contributed by atoms with van der Waals surface area (Å²) in [6, 6.07) is 5.61. The summed E-state index contributed by atoms with van der Waals surface area (Å²) in [7, 11) is 3.62. The predicted octanol–water partition coefficient (Wildman–Crippen LogP) is 2.05. The number of piperidine rings is 1. The lowest BCUT2D eigenvalue weighted by Gasteiger charge is -2.50. The molecule has 9 nitrogen and oxygen atoms in total. The number of aliphatic hydroxyl groups is 1. The van der Waals surface area contributed by atoms with E-state index in [1.807, 2.05) is 24.1 Å². The Morgan fingerprint density at radius 1 is 1.24 bits per heavy atom. The highest BCUT2D eigenvalue weighted by Crippen LogP contribution is 2.50. The Morgan fingerprint density at radius 3 is 2.62 bits per heavy atom. The van der Waals surface area contributed by atoms with Gasteiger partial charge in [-0.05, 0) is 30.5 Å². The van der Waals surface area contributed by atoms with Crippen molar-refractivity contribution in [2.45, 2.75) is 31.2 Å². The fourth-order valence-corrected chi connectivity index (χ4v) is 5.81. The molecule has 1 N–H and O–H groups in total. The molecule has 0 saturated carbocycles. The number of hydrogen-bond acceptors (Lipinski definition) is 6. The fourth-order valence-electron chi connectivity index (χ4n) is 5.81. The molecule has 2 amide bonds. The van der Waals surface area contributed by atoms with Gasteiger partial charge >= 0.3 is 0 Å². The Hall–Kier alpha value is -3.46. The molecule has 1 saturated heterocycles. The normalized spacial score (nSPS) is 19.4. The standard InChI is InChI=1S/C25H29N5O4/c1-16(32)30-15-25(6-10-29(11-7-25)24(33)19-13-26-8-9-27-19)22-18-5-4-17(34-3)12-20(18)28(2)23(22)21(30)14-31/h4-5,8-9,12-13,21,31H,6-7,10-11,14-15H2,1-3H3/t21-/m0/s1. The molecule has 2 aromatic heterocycles.